The number of piperidine rings is 1. The summed E-state index contributed by atoms with van der Waals surface area (Å²) in [5.74, 6) is 0.0348. The van der Waals surface area contributed by atoms with Crippen LogP contribution in [-0.4, -0.2) is 29.9 Å². The molecule has 0 aliphatic carbocycles. The number of amides is 1. The van der Waals surface area contributed by atoms with Gasteiger partial charge in [-0.2, -0.15) is 0 Å². The molecule has 1 aromatic carbocycles. The molecule has 2 rings (SSSR count). The van der Waals surface area contributed by atoms with Crippen molar-refractivity contribution in [2.24, 2.45) is 5.73 Å². The van der Waals surface area contributed by atoms with Gasteiger partial charge in [0.25, 0.3) is 0 Å². The van der Waals surface area contributed by atoms with Crippen molar-refractivity contribution in [2.75, 3.05) is 13.1 Å². The van der Waals surface area contributed by atoms with Crippen LogP contribution in [0.1, 0.15) is 25.3 Å². The van der Waals surface area contributed by atoms with Crippen molar-refractivity contribution in [3.05, 3.63) is 40.9 Å². The molecule has 110 valence electrons. The summed E-state index contributed by atoms with van der Waals surface area (Å²) in [5, 5.41) is 0.678. The highest BCUT2D eigenvalue weighted by atomic mass is 35.5. The van der Waals surface area contributed by atoms with Gasteiger partial charge in [0.1, 0.15) is 0 Å². The van der Waals surface area contributed by atoms with E-state index in [2.05, 4.69) is 0 Å². The van der Waals surface area contributed by atoms with E-state index in [-0.39, 0.29) is 24.4 Å². The standard InChI is InChI=1S/C15H19ClN2O.ClH/c1-11(12-4-2-5-13(16)9-12)8-15(19)18-7-3-6-14(17)10-18;/h2,4-5,8-9,14H,3,6-7,10,17H2,1H3;1H/b11-8-;. The second-order valence-corrected chi connectivity index (χ2v) is 5.46. The maximum atomic E-state index is 12.2. The van der Waals surface area contributed by atoms with Crippen LogP contribution in [0, 0.1) is 0 Å². The average Bonchev–Trinajstić information content (AvgIpc) is 2.38. The van der Waals surface area contributed by atoms with Gasteiger partial charge in [0.2, 0.25) is 5.91 Å². The fraction of sp³-hybridized carbons (Fsp3) is 0.400. The summed E-state index contributed by atoms with van der Waals surface area (Å²) in [4.78, 5) is 14.0. The van der Waals surface area contributed by atoms with E-state index in [1.54, 1.807) is 6.08 Å². The molecule has 0 bridgehead atoms. The Morgan fingerprint density at radius 1 is 1.50 bits per heavy atom. The number of carbonyl (C=O) groups is 1. The molecule has 5 heteroatoms. The summed E-state index contributed by atoms with van der Waals surface area (Å²) >= 11 is 5.95. The molecule has 1 amide bonds. The molecule has 2 N–H and O–H groups in total. The zero-order valence-electron chi connectivity index (χ0n) is 11.5. The van der Waals surface area contributed by atoms with E-state index in [1.807, 2.05) is 36.1 Å². The molecular weight excluding hydrogens is 295 g/mol. The van der Waals surface area contributed by atoms with Crippen LogP contribution in [0.2, 0.25) is 5.02 Å². The second-order valence-electron chi connectivity index (χ2n) is 5.02. The maximum absolute atomic E-state index is 12.2. The predicted octanol–water partition coefficient (Wildman–Crippen LogP) is 3.11. The van der Waals surface area contributed by atoms with Crippen LogP contribution in [0.4, 0.5) is 0 Å². The van der Waals surface area contributed by atoms with Crippen LogP contribution >= 0.6 is 24.0 Å². The minimum absolute atomic E-state index is 0. The highest BCUT2D eigenvalue weighted by molar-refractivity contribution is 6.30. The Morgan fingerprint density at radius 3 is 2.90 bits per heavy atom. The topological polar surface area (TPSA) is 46.3 Å². The van der Waals surface area contributed by atoms with Crippen LogP contribution in [-0.2, 0) is 4.79 Å². The molecule has 0 spiro atoms. The van der Waals surface area contributed by atoms with Crippen molar-refractivity contribution >= 4 is 35.5 Å². The van der Waals surface area contributed by atoms with Gasteiger partial charge in [-0.05, 0) is 43.0 Å². The normalized spacial score (nSPS) is 19.4. The first kappa shape index (κ1) is 17.0. The lowest BCUT2D eigenvalue weighted by Crippen LogP contribution is -2.45. The van der Waals surface area contributed by atoms with E-state index in [1.165, 1.54) is 0 Å². The van der Waals surface area contributed by atoms with E-state index in [9.17, 15) is 4.79 Å². The summed E-state index contributed by atoms with van der Waals surface area (Å²) in [7, 11) is 0. The monoisotopic (exact) mass is 314 g/mol. The lowest BCUT2D eigenvalue weighted by molar-refractivity contribution is -0.127. The van der Waals surface area contributed by atoms with Crippen LogP contribution in [0.25, 0.3) is 5.57 Å². The zero-order chi connectivity index (χ0) is 13.8. The molecule has 1 aliphatic heterocycles. The quantitative estimate of drug-likeness (QED) is 0.852. The van der Waals surface area contributed by atoms with Gasteiger partial charge in [0.15, 0.2) is 0 Å². The summed E-state index contributed by atoms with van der Waals surface area (Å²) < 4.78 is 0. The minimum atomic E-state index is 0. The molecule has 3 nitrogen and oxygen atoms in total. The van der Waals surface area contributed by atoms with Crippen molar-refractivity contribution in [1.82, 2.24) is 4.90 Å². The number of nitrogens with zero attached hydrogens (tertiary/aromatic N) is 1. The molecule has 0 aromatic heterocycles. The predicted molar refractivity (Wildman–Crippen MR) is 86.1 cm³/mol. The number of hydrogen-bond donors (Lipinski definition) is 1. The van der Waals surface area contributed by atoms with Gasteiger partial charge in [-0.3, -0.25) is 4.79 Å². The molecule has 20 heavy (non-hydrogen) atoms. The van der Waals surface area contributed by atoms with E-state index in [0.29, 0.717) is 11.6 Å². The summed E-state index contributed by atoms with van der Waals surface area (Å²) in [6, 6.07) is 7.63. The van der Waals surface area contributed by atoms with Gasteiger partial charge in [0, 0.05) is 30.2 Å². The largest absolute Gasteiger partial charge is 0.338 e. The van der Waals surface area contributed by atoms with Gasteiger partial charge in [-0.15, -0.1) is 12.4 Å². The zero-order valence-corrected chi connectivity index (χ0v) is 13.1. The van der Waals surface area contributed by atoms with Gasteiger partial charge >= 0.3 is 0 Å². The van der Waals surface area contributed by atoms with Gasteiger partial charge < -0.3 is 10.6 Å². The second kappa shape index (κ2) is 7.67. The molecular formula is C15H20Cl2N2O. The van der Waals surface area contributed by atoms with Crippen molar-refractivity contribution < 1.29 is 4.79 Å². The number of allylic oxidation sites excluding steroid dienone is 1. The minimum Gasteiger partial charge on any atom is -0.338 e. The van der Waals surface area contributed by atoms with Gasteiger partial charge in [-0.25, -0.2) is 0 Å². The van der Waals surface area contributed by atoms with Crippen LogP contribution < -0.4 is 5.73 Å². The molecule has 0 saturated carbocycles. The first-order chi connectivity index (χ1) is 9.06. The Morgan fingerprint density at radius 2 is 2.25 bits per heavy atom. The number of halogens is 2. The molecule has 1 saturated heterocycles. The number of nitrogens with two attached hydrogens (primary N) is 1. The van der Waals surface area contributed by atoms with Crippen LogP contribution in [0.15, 0.2) is 30.3 Å². The van der Waals surface area contributed by atoms with Crippen molar-refractivity contribution in [1.29, 1.82) is 0 Å². The number of hydrogen-bond acceptors (Lipinski definition) is 2. The molecule has 1 fully saturated rings. The van der Waals surface area contributed by atoms with Crippen molar-refractivity contribution in [3.63, 3.8) is 0 Å². The third kappa shape index (κ3) is 4.51. The lowest BCUT2D eigenvalue weighted by Gasteiger charge is -2.30. The van der Waals surface area contributed by atoms with Gasteiger partial charge in [-0.1, -0.05) is 23.7 Å². The van der Waals surface area contributed by atoms with Crippen molar-refractivity contribution in [2.45, 2.75) is 25.8 Å². The molecule has 1 aromatic rings. The smallest absolute Gasteiger partial charge is 0.246 e. The molecule has 1 atom stereocenters. The Balaban J connectivity index is 0.00000200. The number of likely N-dealkylation sites (tertiary alicyclic amines) is 1. The summed E-state index contributed by atoms with van der Waals surface area (Å²) in [5.41, 5.74) is 7.79. The fourth-order valence-corrected chi connectivity index (χ4v) is 2.49. The van der Waals surface area contributed by atoms with E-state index >= 15 is 0 Å². The fourth-order valence-electron chi connectivity index (χ4n) is 2.30. The van der Waals surface area contributed by atoms with Gasteiger partial charge in [0.05, 0.1) is 0 Å². The Bertz CT molecular complexity index is 502. The first-order valence-electron chi connectivity index (χ1n) is 6.55. The summed E-state index contributed by atoms with van der Waals surface area (Å²) in [6.45, 7) is 3.37. The average molecular weight is 315 g/mol. The SMILES string of the molecule is C/C(=C/C(=O)N1CCCC(N)C1)c1cccc(Cl)c1.Cl. The third-order valence-corrected chi connectivity index (χ3v) is 3.62. The molecule has 1 unspecified atom stereocenters. The lowest BCUT2D eigenvalue weighted by atomic mass is 10.0. The Kier molecular flexibility index (Phi) is 6.53. The highest BCUT2D eigenvalue weighted by Gasteiger charge is 2.19. The molecule has 0 radical (unpaired) electrons. The number of carbonyl (C=O) groups excluding carboxylic acids is 1. The Hall–Kier alpha value is -1.03. The van der Waals surface area contributed by atoms with E-state index < -0.39 is 0 Å². The third-order valence-electron chi connectivity index (χ3n) is 3.39. The highest BCUT2D eigenvalue weighted by Crippen LogP contribution is 2.19. The van der Waals surface area contributed by atoms with Crippen LogP contribution in [0.5, 0.6) is 0 Å². The summed E-state index contributed by atoms with van der Waals surface area (Å²) in [6.07, 6.45) is 3.65. The number of benzene rings is 1. The van der Waals surface area contributed by atoms with Crippen LogP contribution in [0.3, 0.4) is 0 Å². The van der Waals surface area contributed by atoms with Crippen molar-refractivity contribution in [3.8, 4) is 0 Å². The molecule has 1 heterocycles. The number of rotatable bonds is 2. The molecule has 1 aliphatic rings. The van der Waals surface area contributed by atoms with E-state index in [0.717, 1.165) is 30.5 Å². The maximum Gasteiger partial charge on any atom is 0.246 e. The first-order valence-corrected chi connectivity index (χ1v) is 6.93. The Labute approximate surface area is 131 Å². The van der Waals surface area contributed by atoms with E-state index in [4.69, 9.17) is 17.3 Å².